The number of nitrogens with one attached hydrogen (secondary N) is 1. The van der Waals surface area contributed by atoms with E-state index in [0.29, 0.717) is 29.5 Å². The predicted octanol–water partition coefficient (Wildman–Crippen LogP) is 3.26. The monoisotopic (exact) mass is 462 g/mol. The van der Waals surface area contributed by atoms with Crippen molar-refractivity contribution in [2.45, 2.75) is 18.1 Å². The summed E-state index contributed by atoms with van der Waals surface area (Å²) in [6, 6.07) is 13.4. The molecular weight excluding hydrogens is 440 g/mol. The van der Waals surface area contributed by atoms with Gasteiger partial charge in [-0.05, 0) is 18.6 Å². The standard InChI is InChI=1S/C20H22N4O3S3/c1-3-13-24-19(15-7-5-4-6-8-15)22-23-20(24)28-14-17(25)18-10-9-16(29-18)11-12-21-30(2,26)27/h3-10,21H,1,11-14H2,2H3. The highest BCUT2D eigenvalue weighted by Crippen LogP contribution is 2.26. The second-order valence-corrected chi connectivity index (χ2v) is 10.4. The molecule has 2 aromatic heterocycles. The van der Waals surface area contributed by atoms with Crippen molar-refractivity contribution in [1.29, 1.82) is 0 Å². The highest BCUT2D eigenvalue weighted by Gasteiger charge is 2.16. The summed E-state index contributed by atoms with van der Waals surface area (Å²) in [6.45, 7) is 4.66. The minimum absolute atomic E-state index is 0.00161. The third kappa shape index (κ3) is 6.11. The zero-order chi connectivity index (χ0) is 21.6. The summed E-state index contributed by atoms with van der Waals surface area (Å²) in [5.74, 6) is 0.981. The van der Waals surface area contributed by atoms with Crippen molar-refractivity contribution in [3.8, 4) is 11.4 Å². The summed E-state index contributed by atoms with van der Waals surface area (Å²) < 4.78 is 26.7. The first-order valence-electron chi connectivity index (χ1n) is 9.16. The molecule has 3 rings (SSSR count). The largest absolute Gasteiger partial charge is 0.298 e. The molecule has 158 valence electrons. The van der Waals surface area contributed by atoms with Crippen LogP contribution in [-0.2, 0) is 23.0 Å². The Kier molecular flexibility index (Phi) is 7.59. The molecular formula is C20H22N4O3S3. The molecule has 7 nitrogen and oxygen atoms in total. The molecule has 0 amide bonds. The van der Waals surface area contributed by atoms with Gasteiger partial charge in [0.25, 0.3) is 0 Å². The maximum atomic E-state index is 12.6. The zero-order valence-electron chi connectivity index (χ0n) is 16.4. The first-order valence-corrected chi connectivity index (χ1v) is 12.9. The van der Waals surface area contributed by atoms with Gasteiger partial charge in [-0.25, -0.2) is 13.1 Å². The van der Waals surface area contributed by atoms with Crippen LogP contribution in [0.5, 0.6) is 0 Å². The van der Waals surface area contributed by atoms with Crippen molar-refractivity contribution in [1.82, 2.24) is 19.5 Å². The fourth-order valence-electron chi connectivity index (χ4n) is 2.71. The number of thiophene rings is 1. The number of Topliss-reactive ketones (excluding diaryl/α,β-unsaturated/α-hetero) is 1. The number of thioether (sulfide) groups is 1. The summed E-state index contributed by atoms with van der Waals surface area (Å²) in [6.07, 6.45) is 3.45. The van der Waals surface area contributed by atoms with E-state index in [1.165, 1.54) is 23.1 Å². The van der Waals surface area contributed by atoms with Crippen LogP contribution in [0.25, 0.3) is 11.4 Å². The van der Waals surface area contributed by atoms with Crippen LogP contribution in [-0.4, -0.2) is 47.5 Å². The van der Waals surface area contributed by atoms with Crippen molar-refractivity contribution in [2.75, 3.05) is 18.6 Å². The molecule has 0 aliphatic rings. The summed E-state index contributed by atoms with van der Waals surface area (Å²) in [7, 11) is -3.21. The summed E-state index contributed by atoms with van der Waals surface area (Å²) >= 11 is 2.73. The molecule has 1 aromatic carbocycles. The van der Waals surface area contributed by atoms with Crippen LogP contribution in [0.1, 0.15) is 14.5 Å². The van der Waals surface area contributed by atoms with E-state index >= 15 is 0 Å². The van der Waals surface area contributed by atoms with E-state index in [0.717, 1.165) is 22.5 Å². The lowest BCUT2D eigenvalue weighted by Crippen LogP contribution is -2.23. The molecule has 0 aliphatic carbocycles. The molecule has 0 unspecified atom stereocenters. The Morgan fingerprint density at radius 2 is 2.00 bits per heavy atom. The Bertz CT molecular complexity index is 1120. The Morgan fingerprint density at radius 3 is 2.70 bits per heavy atom. The van der Waals surface area contributed by atoms with E-state index in [4.69, 9.17) is 0 Å². The quantitative estimate of drug-likeness (QED) is 0.267. The highest BCUT2D eigenvalue weighted by molar-refractivity contribution is 7.99. The lowest BCUT2D eigenvalue weighted by molar-refractivity contribution is 0.102. The van der Waals surface area contributed by atoms with Gasteiger partial charge in [0.2, 0.25) is 10.0 Å². The van der Waals surface area contributed by atoms with Gasteiger partial charge in [0.05, 0.1) is 16.9 Å². The molecule has 30 heavy (non-hydrogen) atoms. The minimum Gasteiger partial charge on any atom is -0.298 e. The molecule has 0 aliphatic heterocycles. The van der Waals surface area contributed by atoms with Gasteiger partial charge in [0.15, 0.2) is 16.8 Å². The van der Waals surface area contributed by atoms with Crippen molar-refractivity contribution >= 4 is 38.9 Å². The van der Waals surface area contributed by atoms with E-state index in [2.05, 4.69) is 21.5 Å². The first kappa shape index (κ1) is 22.4. The molecule has 3 aromatic rings. The van der Waals surface area contributed by atoms with Crippen LogP contribution >= 0.6 is 23.1 Å². The minimum atomic E-state index is -3.21. The van der Waals surface area contributed by atoms with E-state index in [9.17, 15) is 13.2 Å². The number of rotatable bonds is 11. The Balaban J connectivity index is 1.64. The highest BCUT2D eigenvalue weighted by atomic mass is 32.2. The number of hydrogen-bond donors (Lipinski definition) is 1. The van der Waals surface area contributed by atoms with Gasteiger partial charge >= 0.3 is 0 Å². The van der Waals surface area contributed by atoms with Crippen LogP contribution < -0.4 is 4.72 Å². The zero-order valence-corrected chi connectivity index (χ0v) is 18.9. The van der Waals surface area contributed by atoms with Crippen molar-refractivity contribution < 1.29 is 13.2 Å². The number of sulfonamides is 1. The number of carbonyl (C=O) groups is 1. The Hall–Kier alpha value is -2.27. The van der Waals surface area contributed by atoms with Crippen LogP contribution in [0, 0.1) is 0 Å². The number of benzene rings is 1. The second-order valence-electron chi connectivity index (χ2n) is 6.47. The average Bonchev–Trinajstić information content (AvgIpc) is 3.34. The van der Waals surface area contributed by atoms with E-state index in [-0.39, 0.29) is 11.5 Å². The first-order chi connectivity index (χ1) is 14.4. The van der Waals surface area contributed by atoms with E-state index < -0.39 is 10.0 Å². The molecule has 10 heteroatoms. The van der Waals surface area contributed by atoms with Crippen LogP contribution in [0.3, 0.4) is 0 Å². The third-order valence-corrected chi connectivity index (χ3v) is 6.95. The SMILES string of the molecule is C=CCn1c(SCC(=O)c2ccc(CCNS(C)(=O)=O)s2)nnc1-c1ccccc1. The normalized spacial score (nSPS) is 11.5. The predicted molar refractivity (Wildman–Crippen MR) is 122 cm³/mol. The fourth-order valence-corrected chi connectivity index (χ4v) is 5.05. The number of aromatic nitrogens is 3. The maximum Gasteiger partial charge on any atom is 0.208 e. The van der Waals surface area contributed by atoms with Crippen molar-refractivity contribution in [2.24, 2.45) is 0 Å². The molecule has 0 spiro atoms. The third-order valence-electron chi connectivity index (χ3n) is 4.06. The molecule has 0 fully saturated rings. The smallest absolute Gasteiger partial charge is 0.208 e. The van der Waals surface area contributed by atoms with Crippen LogP contribution in [0.15, 0.2) is 60.3 Å². The van der Waals surface area contributed by atoms with Gasteiger partial charge in [0, 0.05) is 23.5 Å². The maximum absolute atomic E-state index is 12.6. The van der Waals surface area contributed by atoms with Crippen molar-refractivity contribution in [3.05, 3.63) is 64.9 Å². The summed E-state index contributed by atoms with van der Waals surface area (Å²) in [4.78, 5) is 14.2. The second kappa shape index (κ2) is 10.2. The Labute approximate surface area is 184 Å². The number of carbonyl (C=O) groups excluding carboxylic acids is 1. The van der Waals surface area contributed by atoms with Crippen molar-refractivity contribution in [3.63, 3.8) is 0 Å². The van der Waals surface area contributed by atoms with Gasteiger partial charge in [-0.1, -0.05) is 48.2 Å². The van der Waals surface area contributed by atoms with Gasteiger partial charge in [-0.15, -0.1) is 28.1 Å². The number of allylic oxidation sites excluding steroid dienone is 1. The molecule has 1 N–H and O–H groups in total. The van der Waals surface area contributed by atoms with E-state index in [1.807, 2.05) is 41.0 Å². The van der Waals surface area contributed by atoms with Gasteiger partial charge in [-0.3, -0.25) is 9.36 Å². The number of hydrogen-bond acceptors (Lipinski definition) is 7. The Morgan fingerprint density at radius 1 is 1.23 bits per heavy atom. The topological polar surface area (TPSA) is 94.0 Å². The molecule has 0 bridgehead atoms. The molecule has 0 radical (unpaired) electrons. The summed E-state index contributed by atoms with van der Waals surface area (Å²) in [5.41, 5.74) is 0.954. The number of nitrogens with zero attached hydrogens (tertiary/aromatic N) is 3. The van der Waals surface area contributed by atoms with E-state index in [1.54, 1.807) is 12.1 Å². The molecule has 0 saturated heterocycles. The average molecular weight is 463 g/mol. The van der Waals surface area contributed by atoms with Crippen LogP contribution in [0.2, 0.25) is 0 Å². The molecule has 0 atom stereocenters. The fraction of sp³-hybridized carbons (Fsp3) is 0.250. The van der Waals surface area contributed by atoms with Crippen LogP contribution in [0.4, 0.5) is 0 Å². The molecule has 0 saturated carbocycles. The van der Waals surface area contributed by atoms with Gasteiger partial charge < -0.3 is 0 Å². The lowest BCUT2D eigenvalue weighted by atomic mass is 10.2. The summed E-state index contributed by atoms with van der Waals surface area (Å²) in [5, 5.41) is 9.22. The van der Waals surface area contributed by atoms with Gasteiger partial charge in [-0.2, -0.15) is 0 Å². The van der Waals surface area contributed by atoms with Gasteiger partial charge in [0.1, 0.15) is 0 Å². The molecule has 2 heterocycles. The number of ketones is 1. The lowest BCUT2D eigenvalue weighted by Gasteiger charge is -2.07.